The van der Waals surface area contributed by atoms with E-state index in [2.05, 4.69) is 45.9 Å². The van der Waals surface area contributed by atoms with Crippen molar-refractivity contribution in [3.05, 3.63) is 88.9 Å². The van der Waals surface area contributed by atoms with Gasteiger partial charge in [-0.05, 0) is 51.5 Å². The molecule has 198 valence electrons. The molecule has 39 heavy (non-hydrogen) atoms. The van der Waals surface area contributed by atoms with Gasteiger partial charge in [0.1, 0.15) is 17.7 Å². The number of alkyl halides is 1. The maximum atomic E-state index is 13.7. The second-order valence-corrected chi connectivity index (χ2v) is 9.15. The molecule has 0 radical (unpaired) electrons. The summed E-state index contributed by atoms with van der Waals surface area (Å²) in [5.74, 6) is 1.98. The predicted octanol–water partition coefficient (Wildman–Crippen LogP) is 4.47. The van der Waals surface area contributed by atoms with Gasteiger partial charge < -0.3 is 10.6 Å². The Balaban J connectivity index is 1.21. The van der Waals surface area contributed by atoms with Gasteiger partial charge in [0.15, 0.2) is 17.5 Å². The van der Waals surface area contributed by atoms with Crippen LogP contribution in [-0.4, -0.2) is 45.8 Å². The molecule has 3 N–H and O–H groups in total. The van der Waals surface area contributed by atoms with E-state index in [1.807, 2.05) is 32.0 Å². The lowest BCUT2D eigenvalue weighted by Crippen LogP contribution is -2.23. The van der Waals surface area contributed by atoms with Crippen LogP contribution in [0.1, 0.15) is 51.8 Å². The predicted molar refractivity (Wildman–Crippen MR) is 143 cm³/mol. The van der Waals surface area contributed by atoms with E-state index >= 15 is 0 Å². The maximum Gasteiger partial charge on any atom is 0.270 e. The largest absolute Gasteiger partial charge is 0.347 e. The lowest BCUT2D eigenvalue weighted by molar-refractivity contribution is 0.0946. The highest BCUT2D eigenvalue weighted by Crippen LogP contribution is 2.22. The number of halogens is 1. The smallest absolute Gasteiger partial charge is 0.270 e. The number of nitrogens with zero attached hydrogens (tertiary/aromatic N) is 7. The summed E-state index contributed by atoms with van der Waals surface area (Å²) in [4.78, 5) is 30.4. The van der Waals surface area contributed by atoms with Gasteiger partial charge in [-0.1, -0.05) is 6.07 Å². The first-order chi connectivity index (χ1) is 18.7. The Morgan fingerprint density at radius 1 is 1.05 bits per heavy atom. The number of carbonyl (C=O) groups is 1. The molecular weight excluding hydrogens is 499 g/mol. The Morgan fingerprint density at radius 3 is 2.54 bits per heavy atom. The van der Waals surface area contributed by atoms with E-state index in [0.29, 0.717) is 40.1 Å². The van der Waals surface area contributed by atoms with Gasteiger partial charge in [-0.3, -0.25) is 14.9 Å². The van der Waals surface area contributed by atoms with Crippen molar-refractivity contribution in [2.75, 3.05) is 5.32 Å². The summed E-state index contributed by atoms with van der Waals surface area (Å²) in [7, 11) is 0. The zero-order valence-electron chi connectivity index (χ0n) is 21.9. The number of rotatable bonds is 8. The summed E-state index contributed by atoms with van der Waals surface area (Å²) in [5.41, 5.74) is 4.60. The van der Waals surface area contributed by atoms with Gasteiger partial charge in [0.2, 0.25) is 0 Å². The molecule has 0 fully saturated rings. The maximum absolute atomic E-state index is 13.7. The molecule has 1 amide bonds. The zero-order chi connectivity index (χ0) is 27.5. The third kappa shape index (κ3) is 5.95. The van der Waals surface area contributed by atoms with Gasteiger partial charge in [0.25, 0.3) is 5.91 Å². The average Bonchev–Trinajstić information content (AvgIpc) is 3.52. The van der Waals surface area contributed by atoms with Gasteiger partial charge in [-0.25, -0.2) is 24.0 Å². The molecule has 5 rings (SSSR count). The van der Waals surface area contributed by atoms with E-state index in [0.717, 1.165) is 17.0 Å². The van der Waals surface area contributed by atoms with Crippen molar-refractivity contribution in [3.63, 3.8) is 0 Å². The Labute approximate surface area is 224 Å². The number of aryl methyl sites for hydroxylation is 3. The van der Waals surface area contributed by atoms with E-state index in [9.17, 15) is 9.18 Å². The molecule has 5 aromatic rings. The molecule has 1 atom stereocenters. The van der Waals surface area contributed by atoms with E-state index < -0.39 is 6.17 Å². The van der Waals surface area contributed by atoms with Crippen molar-refractivity contribution in [1.29, 1.82) is 0 Å². The Bertz CT molecular complexity index is 1610. The van der Waals surface area contributed by atoms with Crippen molar-refractivity contribution in [1.82, 2.24) is 45.2 Å². The molecule has 0 saturated heterocycles. The molecule has 0 bridgehead atoms. The van der Waals surface area contributed by atoms with Crippen molar-refractivity contribution in [3.8, 4) is 17.2 Å². The standard InChI is InChI=1S/C27H27FN10O/c1-15-9-23(33-24-10-16(2)35-36-24)34-26(32-15)20-6-7-22(29-13-20)27(39)31-12-19-5-8-25(30-11-19)38-14-21(17(3)28)18(4)37-38/h5-11,13-14,17H,12H2,1-4H3,(H,31,39)(H2,32,33,34,35,36). The van der Waals surface area contributed by atoms with Gasteiger partial charge in [-0.15, -0.1) is 0 Å². The molecule has 12 heteroatoms. The van der Waals surface area contributed by atoms with Crippen molar-refractivity contribution >= 4 is 17.5 Å². The summed E-state index contributed by atoms with van der Waals surface area (Å²) >= 11 is 0. The number of hydrogen-bond acceptors (Lipinski definition) is 8. The van der Waals surface area contributed by atoms with E-state index in [4.69, 9.17) is 0 Å². The van der Waals surface area contributed by atoms with Gasteiger partial charge >= 0.3 is 0 Å². The molecule has 5 heterocycles. The van der Waals surface area contributed by atoms with Crippen LogP contribution >= 0.6 is 0 Å². The van der Waals surface area contributed by atoms with Crippen LogP contribution in [0.5, 0.6) is 0 Å². The SMILES string of the molecule is Cc1cc(Nc2cc(C)[nH]n2)nc(-c2ccc(C(=O)NCc3ccc(-n4cc(C(C)F)c(C)n4)nc3)nc2)n1. The Hall–Kier alpha value is -5.00. The minimum absolute atomic E-state index is 0.265. The van der Waals surface area contributed by atoms with Crippen LogP contribution in [0.25, 0.3) is 17.2 Å². The summed E-state index contributed by atoms with van der Waals surface area (Å²) < 4.78 is 15.2. The molecule has 0 spiro atoms. The third-order valence-corrected chi connectivity index (χ3v) is 5.93. The lowest BCUT2D eigenvalue weighted by Gasteiger charge is -2.08. The summed E-state index contributed by atoms with van der Waals surface area (Å²) in [6.07, 6.45) is 3.75. The van der Waals surface area contributed by atoms with Crippen LogP contribution in [0.2, 0.25) is 0 Å². The average molecular weight is 527 g/mol. The summed E-state index contributed by atoms with van der Waals surface area (Å²) in [5, 5.41) is 17.4. The monoisotopic (exact) mass is 526 g/mol. The number of nitrogens with one attached hydrogen (secondary N) is 3. The van der Waals surface area contributed by atoms with Crippen molar-refractivity contribution in [2.24, 2.45) is 0 Å². The third-order valence-electron chi connectivity index (χ3n) is 5.93. The highest BCUT2D eigenvalue weighted by atomic mass is 19.1. The molecule has 0 aliphatic heterocycles. The summed E-state index contributed by atoms with van der Waals surface area (Å²) in [6.45, 7) is 7.30. The van der Waals surface area contributed by atoms with Gasteiger partial charge in [0.05, 0.1) is 5.69 Å². The normalized spacial score (nSPS) is 11.8. The second-order valence-electron chi connectivity index (χ2n) is 9.15. The number of amides is 1. The number of H-pyrrole nitrogens is 1. The van der Waals surface area contributed by atoms with E-state index in [1.165, 1.54) is 6.92 Å². The lowest BCUT2D eigenvalue weighted by atomic mass is 10.2. The van der Waals surface area contributed by atoms with Crippen LogP contribution in [-0.2, 0) is 6.54 Å². The van der Waals surface area contributed by atoms with E-state index in [1.54, 1.807) is 48.4 Å². The number of aromatic amines is 1. The molecule has 0 aromatic carbocycles. The van der Waals surface area contributed by atoms with Gasteiger partial charge in [0, 0.05) is 59.8 Å². The fraction of sp³-hybridized carbons (Fsp3) is 0.222. The topological polar surface area (TPSA) is 139 Å². The number of hydrogen-bond donors (Lipinski definition) is 3. The highest BCUT2D eigenvalue weighted by molar-refractivity contribution is 5.92. The van der Waals surface area contributed by atoms with Crippen LogP contribution in [0.4, 0.5) is 16.0 Å². The number of pyridine rings is 2. The zero-order valence-corrected chi connectivity index (χ0v) is 21.9. The van der Waals surface area contributed by atoms with Crippen molar-refractivity contribution < 1.29 is 9.18 Å². The first-order valence-electron chi connectivity index (χ1n) is 12.3. The Morgan fingerprint density at radius 2 is 1.90 bits per heavy atom. The molecule has 0 aliphatic carbocycles. The molecule has 0 aliphatic rings. The fourth-order valence-electron chi connectivity index (χ4n) is 3.95. The van der Waals surface area contributed by atoms with Gasteiger partial charge in [-0.2, -0.15) is 10.2 Å². The first-order valence-corrected chi connectivity index (χ1v) is 12.3. The number of aromatic nitrogens is 8. The summed E-state index contributed by atoms with van der Waals surface area (Å²) in [6, 6.07) is 10.7. The quantitative estimate of drug-likeness (QED) is 0.269. The van der Waals surface area contributed by atoms with E-state index in [-0.39, 0.29) is 18.1 Å². The van der Waals surface area contributed by atoms with Crippen LogP contribution in [0.15, 0.2) is 55.0 Å². The van der Waals surface area contributed by atoms with Crippen LogP contribution < -0.4 is 10.6 Å². The Kier molecular flexibility index (Phi) is 7.08. The van der Waals surface area contributed by atoms with Crippen LogP contribution in [0.3, 0.4) is 0 Å². The second kappa shape index (κ2) is 10.8. The number of anilines is 2. The van der Waals surface area contributed by atoms with Crippen molar-refractivity contribution in [2.45, 2.75) is 40.4 Å². The molecule has 1 unspecified atom stereocenters. The fourth-order valence-corrected chi connectivity index (χ4v) is 3.95. The molecular formula is C27H27FN10O. The highest BCUT2D eigenvalue weighted by Gasteiger charge is 2.14. The molecule has 11 nitrogen and oxygen atoms in total. The molecule has 5 aromatic heterocycles. The molecule has 0 saturated carbocycles. The van der Waals surface area contributed by atoms with Crippen LogP contribution in [0, 0.1) is 20.8 Å². The first kappa shape index (κ1) is 25.6. The number of carbonyl (C=O) groups excluding carboxylic acids is 1. The minimum atomic E-state index is -1.11. The minimum Gasteiger partial charge on any atom is -0.347 e.